The lowest BCUT2D eigenvalue weighted by atomic mass is 10.1. The molecule has 0 aliphatic rings. The lowest BCUT2D eigenvalue weighted by molar-refractivity contribution is -0.147. The lowest BCUT2D eigenvalue weighted by Gasteiger charge is -2.17. The van der Waals surface area contributed by atoms with Crippen LogP contribution in [-0.2, 0) is 16.1 Å². The molecule has 1 aromatic carbocycles. The summed E-state index contributed by atoms with van der Waals surface area (Å²) in [4.78, 5) is 36.8. The molecule has 1 N–H and O–H groups in total. The van der Waals surface area contributed by atoms with Gasteiger partial charge in [0.25, 0.3) is 5.91 Å². The van der Waals surface area contributed by atoms with Crippen molar-refractivity contribution in [1.29, 1.82) is 0 Å². The highest BCUT2D eigenvalue weighted by molar-refractivity contribution is 7.98. The Morgan fingerprint density at radius 1 is 1.30 bits per heavy atom. The van der Waals surface area contributed by atoms with Gasteiger partial charge in [0.05, 0.1) is 6.26 Å². The Hall–Kier alpha value is -2.71. The minimum absolute atomic E-state index is 0.105. The molecule has 3 aromatic rings. The number of fused-ring (bicyclic) bond motifs is 1. The van der Waals surface area contributed by atoms with E-state index in [4.69, 9.17) is 25.2 Å². The van der Waals surface area contributed by atoms with E-state index in [9.17, 15) is 14.4 Å². The zero-order valence-electron chi connectivity index (χ0n) is 16.4. The van der Waals surface area contributed by atoms with Gasteiger partial charge in [0, 0.05) is 22.0 Å². The molecule has 0 spiro atoms. The molecule has 0 aliphatic heterocycles. The van der Waals surface area contributed by atoms with E-state index in [1.54, 1.807) is 36.9 Å². The molecule has 1 atom stereocenters. The molecule has 158 valence electrons. The molecule has 0 aliphatic carbocycles. The van der Waals surface area contributed by atoms with E-state index in [0.717, 1.165) is 5.56 Å². The first-order valence-electron chi connectivity index (χ1n) is 9.12. The summed E-state index contributed by atoms with van der Waals surface area (Å²) in [6.07, 6.45) is 3.66. The molecule has 0 bridgehead atoms. The van der Waals surface area contributed by atoms with Gasteiger partial charge < -0.3 is 18.9 Å². The number of hydrogen-bond acceptors (Lipinski definition) is 7. The van der Waals surface area contributed by atoms with E-state index < -0.39 is 23.5 Å². The van der Waals surface area contributed by atoms with E-state index in [0.29, 0.717) is 33.7 Å². The quantitative estimate of drug-likeness (QED) is 0.410. The van der Waals surface area contributed by atoms with E-state index in [-0.39, 0.29) is 12.4 Å². The molecule has 7 nitrogen and oxygen atoms in total. The fourth-order valence-corrected chi connectivity index (χ4v) is 3.47. The van der Waals surface area contributed by atoms with Gasteiger partial charge in [-0.2, -0.15) is 11.8 Å². The fourth-order valence-electron chi connectivity index (χ4n) is 2.84. The van der Waals surface area contributed by atoms with Crippen LogP contribution in [0.4, 0.5) is 0 Å². The van der Waals surface area contributed by atoms with Crippen molar-refractivity contribution in [3.8, 4) is 0 Å². The van der Waals surface area contributed by atoms with Gasteiger partial charge in [0.15, 0.2) is 5.76 Å². The molecule has 0 unspecified atom stereocenters. The van der Waals surface area contributed by atoms with Crippen molar-refractivity contribution in [2.24, 2.45) is 0 Å². The number of nitrogens with one attached hydrogen (secondary N) is 1. The lowest BCUT2D eigenvalue weighted by Crippen LogP contribution is -2.42. The number of thioether (sulfide) groups is 1. The molecular formula is C21H20ClNO6S. The number of halogens is 1. The molecule has 0 radical (unpaired) electrons. The normalized spacial score (nSPS) is 12.0. The molecule has 30 heavy (non-hydrogen) atoms. The number of benzene rings is 1. The third-order valence-electron chi connectivity index (χ3n) is 4.42. The zero-order valence-corrected chi connectivity index (χ0v) is 18.0. The third-order valence-corrected chi connectivity index (χ3v) is 5.48. The van der Waals surface area contributed by atoms with Crippen LogP contribution in [0.5, 0.6) is 0 Å². The minimum Gasteiger partial charge on any atom is -0.459 e. The number of rotatable bonds is 8. The molecule has 0 saturated carbocycles. The van der Waals surface area contributed by atoms with Crippen molar-refractivity contribution >= 4 is 46.2 Å². The molecule has 9 heteroatoms. The van der Waals surface area contributed by atoms with Gasteiger partial charge in [-0.25, -0.2) is 9.59 Å². The van der Waals surface area contributed by atoms with Crippen molar-refractivity contribution in [3.63, 3.8) is 0 Å². The molecule has 2 heterocycles. The van der Waals surface area contributed by atoms with Crippen LogP contribution in [0.1, 0.15) is 28.1 Å². The Kier molecular flexibility index (Phi) is 7.23. The van der Waals surface area contributed by atoms with Gasteiger partial charge in [-0.1, -0.05) is 11.6 Å². The number of carbonyl (C=O) groups is 2. The van der Waals surface area contributed by atoms with Crippen LogP contribution in [0, 0.1) is 6.92 Å². The Morgan fingerprint density at radius 3 is 2.80 bits per heavy atom. The van der Waals surface area contributed by atoms with E-state index >= 15 is 0 Å². The van der Waals surface area contributed by atoms with Gasteiger partial charge in [-0.3, -0.25) is 4.79 Å². The highest BCUT2D eigenvalue weighted by atomic mass is 35.5. The number of furan rings is 1. The standard InChI is InChI=1S/C21H20ClNO6S/c1-12-8-18-14(10-15(12)22)13(9-19(24)29-18)11-28-21(26)16(5-7-30-2)23-20(25)17-4-3-6-27-17/h3-4,6,8-10,16H,5,7,11H2,1-2H3,(H,23,25)/t16-/m1/s1. The Bertz CT molecular complexity index is 1110. The van der Waals surface area contributed by atoms with Crippen LogP contribution in [0.3, 0.4) is 0 Å². The molecule has 1 amide bonds. The van der Waals surface area contributed by atoms with Gasteiger partial charge in [-0.15, -0.1) is 0 Å². The highest BCUT2D eigenvalue weighted by Crippen LogP contribution is 2.25. The maximum Gasteiger partial charge on any atom is 0.336 e. The van der Waals surface area contributed by atoms with Crippen molar-refractivity contribution in [1.82, 2.24) is 5.32 Å². The first-order valence-corrected chi connectivity index (χ1v) is 10.9. The van der Waals surface area contributed by atoms with Crippen LogP contribution < -0.4 is 10.9 Å². The summed E-state index contributed by atoms with van der Waals surface area (Å²) < 4.78 is 15.7. The smallest absolute Gasteiger partial charge is 0.336 e. The number of ether oxygens (including phenoxy) is 1. The van der Waals surface area contributed by atoms with Gasteiger partial charge in [0.2, 0.25) is 0 Å². The van der Waals surface area contributed by atoms with Crippen molar-refractivity contribution in [2.45, 2.75) is 26.0 Å². The number of aryl methyl sites for hydroxylation is 1. The van der Waals surface area contributed by atoms with Crippen molar-refractivity contribution in [2.75, 3.05) is 12.0 Å². The van der Waals surface area contributed by atoms with Crippen LogP contribution in [0.2, 0.25) is 5.02 Å². The largest absolute Gasteiger partial charge is 0.459 e. The molecular weight excluding hydrogens is 430 g/mol. The molecule has 3 rings (SSSR count). The second-order valence-corrected chi connectivity index (χ2v) is 7.97. The number of amides is 1. The van der Waals surface area contributed by atoms with Crippen molar-refractivity contribution in [3.05, 3.63) is 68.9 Å². The molecule has 2 aromatic heterocycles. The predicted octanol–water partition coefficient (Wildman–Crippen LogP) is 3.94. The van der Waals surface area contributed by atoms with Gasteiger partial charge in [-0.05, 0) is 55.2 Å². The Balaban J connectivity index is 1.77. The second kappa shape index (κ2) is 9.86. The first-order chi connectivity index (χ1) is 14.4. The first kappa shape index (κ1) is 22.0. The average Bonchev–Trinajstić information content (AvgIpc) is 3.25. The average molecular weight is 450 g/mol. The topological polar surface area (TPSA) is 98.8 Å². The fraction of sp³-hybridized carbons (Fsp3) is 0.286. The summed E-state index contributed by atoms with van der Waals surface area (Å²) >= 11 is 7.73. The van der Waals surface area contributed by atoms with Crippen LogP contribution in [-0.4, -0.2) is 29.9 Å². The van der Waals surface area contributed by atoms with Crippen molar-refractivity contribution < 1.29 is 23.2 Å². The van der Waals surface area contributed by atoms with Gasteiger partial charge in [0.1, 0.15) is 18.2 Å². The van der Waals surface area contributed by atoms with E-state index in [1.807, 2.05) is 6.26 Å². The summed E-state index contributed by atoms with van der Waals surface area (Å²) in [6, 6.07) is 6.83. The SMILES string of the molecule is CSCC[C@@H](NC(=O)c1ccco1)C(=O)OCc1cc(=O)oc2cc(C)c(Cl)cc12. The highest BCUT2D eigenvalue weighted by Gasteiger charge is 2.24. The van der Waals surface area contributed by atoms with E-state index in [1.165, 1.54) is 18.4 Å². The molecule has 0 fully saturated rings. The summed E-state index contributed by atoms with van der Waals surface area (Å²) in [7, 11) is 0. The number of carbonyl (C=O) groups excluding carboxylic acids is 2. The Morgan fingerprint density at radius 2 is 2.10 bits per heavy atom. The third kappa shape index (κ3) is 5.25. The predicted molar refractivity (Wildman–Crippen MR) is 115 cm³/mol. The number of esters is 1. The zero-order chi connectivity index (χ0) is 21.7. The van der Waals surface area contributed by atoms with E-state index in [2.05, 4.69) is 5.32 Å². The maximum absolute atomic E-state index is 12.7. The number of hydrogen-bond donors (Lipinski definition) is 1. The van der Waals surface area contributed by atoms with Crippen LogP contribution in [0.25, 0.3) is 11.0 Å². The Labute approximate surface area is 181 Å². The van der Waals surface area contributed by atoms with Gasteiger partial charge >= 0.3 is 11.6 Å². The monoisotopic (exact) mass is 449 g/mol. The summed E-state index contributed by atoms with van der Waals surface area (Å²) in [5, 5.41) is 3.72. The van der Waals surface area contributed by atoms with Crippen LogP contribution >= 0.6 is 23.4 Å². The summed E-state index contributed by atoms with van der Waals surface area (Å²) in [5.41, 5.74) is 1.04. The second-order valence-electron chi connectivity index (χ2n) is 6.58. The molecule has 0 saturated heterocycles. The maximum atomic E-state index is 12.7. The summed E-state index contributed by atoms with van der Waals surface area (Å²) in [6.45, 7) is 1.64. The van der Waals surface area contributed by atoms with Crippen LogP contribution in [0.15, 0.2) is 50.2 Å². The minimum atomic E-state index is -0.854. The summed E-state index contributed by atoms with van der Waals surface area (Å²) in [5.74, 6) is -0.362.